The van der Waals surface area contributed by atoms with E-state index in [1.807, 2.05) is 6.07 Å². The summed E-state index contributed by atoms with van der Waals surface area (Å²) in [6.07, 6.45) is 0. The molecule has 0 N–H and O–H groups in total. The number of nitrogens with zero attached hydrogens (tertiary/aromatic N) is 1. The van der Waals surface area contributed by atoms with E-state index in [-0.39, 0.29) is 11.2 Å². The van der Waals surface area contributed by atoms with Crippen molar-refractivity contribution in [2.75, 3.05) is 33.4 Å². The molecule has 0 bridgehead atoms. The van der Waals surface area contributed by atoms with Crippen LogP contribution in [0.25, 0.3) is 0 Å². The van der Waals surface area contributed by atoms with E-state index in [9.17, 15) is 4.39 Å². The zero-order chi connectivity index (χ0) is 14.8. The predicted octanol–water partition coefficient (Wildman–Crippen LogP) is 2.96. The van der Waals surface area contributed by atoms with E-state index < -0.39 is 0 Å². The van der Waals surface area contributed by atoms with Crippen LogP contribution in [0.4, 0.5) is 4.39 Å². The normalized spacial score (nSPS) is 17.2. The van der Waals surface area contributed by atoms with Crippen molar-refractivity contribution in [2.24, 2.45) is 0 Å². The second-order valence-corrected chi connectivity index (χ2v) is 6.28. The Balaban J connectivity index is 2.25. The van der Waals surface area contributed by atoms with Gasteiger partial charge in [0.2, 0.25) is 0 Å². The molecular weight excluding hydrogens is 257 g/mol. The Bertz CT molecular complexity index is 462. The third-order valence-electron chi connectivity index (χ3n) is 3.67. The van der Waals surface area contributed by atoms with Gasteiger partial charge in [-0.05, 0) is 17.5 Å². The Morgan fingerprint density at radius 2 is 1.90 bits per heavy atom. The standard InChI is InChI=1S/C16H24FNO2/c1-16(2,3)13-10-14(17)12(9-15(13)19-4)11-18-5-7-20-8-6-18/h9-10H,5-8,11H2,1-4H3. The lowest BCUT2D eigenvalue weighted by atomic mass is 9.85. The van der Waals surface area contributed by atoms with Gasteiger partial charge >= 0.3 is 0 Å². The van der Waals surface area contributed by atoms with Crippen LogP contribution in [0.5, 0.6) is 5.75 Å². The molecule has 20 heavy (non-hydrogen) atoms. The minimum Gasteiger partial charge on any atom is -0.496 e. The first-order chi connectivity index (χ1) is 9.41. The van der Waals surface area contributed by atoms with Crippen LogP contribution in [-0.4, -0.2) is 38.3 Å². The second kappa shape index (κ2) is 6.10. The number of methoxy groups -OCH3 is 1. The SMILES string of the molecule is COc1cc(CN2CCOCC2)c(F)cc1C(C)(C)C. The number of rotatable bonds is 3. The number of benzene rings is 1. The van der Waals surface area contributed by atoms with Crippen molar-refractivity contribution in [3.05, 3.63) is 29.1 Å². The fourth-order valence-corrected chi connectivity index (χ4v) is 2.47. The molecule has 0 unspecified atom stereocenters. The van der Waals surface area contributed by atoms with E-state index >= 15 is 0 Å². The molecule has 0 radical (unpaired) electrons. The molecule has 1 aromatic carbocycles. The number of halogens is 1. The lowest BCUT2D eigenvalue weighted by Gasteiger charge is -2.28. The first kappa shape index (κ1) is 15.3. The molecule has 4 heteroatoms. The Kier molecular flexibility index (Phi) is 4.66. The van der Waals surface area contributed by atoms with Gasteiger partial charge in [-0.2, -0.15) is 0 Å². The zero-order valence-corrected chi connectivity index (χ0v) is 12.8. The molecule has 1 heterocycles. The predicted molar refractivity (Wildman–Crippen MR) is 77.7 cm³/mol. The van der Waals surface area contributed by atoms with Crippen molar-refractivity contribution < 1.29 is 13.9 Å². The van der Waals surface area contributed by atoms with Gasteiger partial charge in [-0.15, -0.1) is 0 Å². The number of hydrogen-bond donors (Lipinski definition) is 0. The van der Waals surface area contributed by atoms with Gasteiger partial charge in [0.1, 0.15) is 11.6 Å². The number of hydrogen-bond acceptors (Lipinski definition) is 3. The van der Waals surface area contributed by atoms with Crippen LogP contribution in [0, 0.1) is 5.82 Å². The van der Waals surface area contributed by atoms with Gasteiger partial charge in [-0.25, -0.2) is 4.39 Å². The van der Waals surface area contributed by atoms with Gasteiger partial charge < -0.3 is 9.47 Å². The third kappa shape index (κ3) is 3.49. The largest absolute Gasteiger partial charge is 0.496 e. The van der Waals surface area contributed by atoms with Crippen molar-refractivity contribution in [3.63, 3.8) is 0 Å². The van der Waals surface area contributed by atoms with Gasteiger partial charge in [-0.3, -0.25) is 4.90 Å². The van der Waals surface area contributed by atoms with E-state index in [0.29, 0.717) is 12.1 Å². The summed E-state index contributed by atoms with van der Waals surface area (Å²) >= 11 is 0. The van der Waals surface area contributed by atoms with Gasteiger partial charge in [0.05, 0.1) is 20.3 Å². The summed E-state index contributed by atoms with van der Waals surface area (Å²) in [5, 5.41) is 0. The molecule has 1 saturated heterocycles. The molecule has 1 fully saturated rings. The summed E-state index contributed by atoms with van der Waals surface area (Å²) in [6, 6.07) is 3.46. The average molecular weight is 281 g/mol. The first-order valence-corrected chi connectivity index (χ1v) is 7.09. The Morgan fingerprint density at radius 3 is 2.45 bits per heavy atom. The molecule has 1 aliphatic heterocycles. The maximum atomic E-state index is 14.3. The number of ether oxygens (including phenoxy) is 2. The fourth-order valence-electron chi connectivity index (χ4n) is 2.47. The molecule has 0 aromatic heterocycles. The van der Waals surface area contributed by atoms with E-state index in [1.165, 1.54) is 0 Å². The van der Waals surface area contributed by atoms with Crippen LogP contribution in [0.1, 0.15) is 31.9 Å². The van der Waals surface area contributed by atoms with Crippen LogP contribution in [0.3, 0.4) is 0 Å². The summed E-state index contributed by atoms with van der Waals surface area (Å²) < 4.78 is 25.1. The molecule has 2 rings (SSSR count). The highest BCUT2D eigenvalue weighted by atomic mass is 19.1. The van der Waals surface area contributed by atoms with Crippen molar-refractivity contribution in [1.29, 1.82) is 0 Å². The summed E-state index contributed by atoms with van der Waals surface area (Å²) in [5.41, 5.74) is 1.46. The Hall–Kier alpha value is -1.13. The maximum Gasteiger partial charge on any atom is 0.128 e. The topological polar surface area (TPSA) is 21.7 Å². The van der Waals surface area contributed by atoms with Gasteiger partial charge in [0, 0.05) is 30.8 Å². The van der Waals surface area contributed by atoms with E-state index in [4.69, 9.17) is 9.47 Å². The van der Waals surface area contributed by atoms with Crippen molar-refractivity contribution in [3.8, 4) is 5.75 Å². The monoisotopic (exact) mass is 281 g/mol. The molecule has 0 saturated carbocycles. The molecule has 0 spiro atoms. The fraction of sp³-hybridized carbons (Fsp3) is 0.625. The van der Waals surface area contributed by atoms with Crippen LogP contribution in [0.2, 0.25) is 0 Å². The number of morpholine rings is 1. The molecule has 1 aliphatic rings. The third-order valence-corrected chi connectivity index (χ3v) is 3.67. The molecule has 0 atom stereocenters. The smallest absolute Gasteiger partial charge is 0.128 e. The summed E-state index contributed by atoms with van der Waals surface area (Å²) in [5.74, 6) is 0.615. The lowest BCUT2D eigenvalue weighted by Crippen LogP contribution is -2.35. The van der Waals surface area contributed by atoms with Crippen molar-refractivity contribution in [1.82, 2.24) is 4.90 Å². The molecule has 1 aromatic rings. The van der Waals surface area contributed by atoms with Crippen molar-refractivity contribution >= 4 is 0 Å². The molecule has 0 aliphatic carbocycles. The van der Waals surface area contributed by atoms with Crippen LogP contribution in [-0.2, 0) is 16.7 Å². The highest BCUT2D eigenvalue weighted by molar-refractivity contribution is 5.42. The lowest BCUT2D eigenvalue weighted by molar-refractivity contribution is 0.0337. The highest BCUT2D eigenvalue weighted by Crippen LogP contribution is 2.33. The maximum absolute atomic E-state index is 14.3. The quantitative estimate of drug-likeness (QED) is 0.850. The van der Waals surface area contributed by atoms with E-state index in [1.54, 1.807) is 13.2 Å². The second-order valence-electron chi connectivity index (χ2n) is 6.28. The van der Waals surface area contributed by atoms with Gasteiger partial charge in [0.15, 0.2) is 0 Å². The summed E-state index contributed by atoms with van der Waals surface area (Å²) in [4.78, 5) is 2.21. The minimum atomic E-state index is -0.151. The summed E-state index contributed by atoms with van der Waals surface area (Å²) in [6.45, 7) is 9.93. The Morgan fingerprint density at radius 1 is 1.25 bits per heavy atom. The summed E-state index contributed by atoms with van der Waals surface area (Å²) in [7, 11) is 1.64. The Labute approximate surface area is 120 Å². The van der Waals surface area contributed by atoms with Gasteiger partial charge in [0.25, 0.3) is 0 Å². The molecular formula is C16H24FNO2. The van der Waals surface area contributed by atoms with Gasteiger partial charge in [-0.1, -0.05) is 20.8 Å². The average Bonchev–Trinajstić information content (AvgIpc) is 2.40. The first-order valence-electron chi connectivity index (χ1n) is 7.09. The molecule has 112 valence electrons. The van der Waals surface area contributed by atoms with Crippen LogP contribution >= 0.6 is 0 Å². The van der Waals surface area contributed by atoms with Crippen LogP contribution in [0.15, 0.2) is 12.1 Å². The highest BCUT2D eigenvalue weighted by Gasteiger charge is 2.22. The van der Waals surface area contributed by atoms with E-state index in [0.717, 1.165) is 37.6 Å². The molecule has 0 amide bonds. The van der Waals surface area contributed by atoms with E-state index in [2.05, 4.69) is 25.7 Å². The zero-order valence-electron chi connectivity index (χ0n) is 12.8. The minimum absolute atomic E-state index is 0.135. The van der Waals surface area contributed by atoms with Crippen LogP contribution < -0.4 is 4.74 Å². The van der Waals surface area contributed by atoms with Crippen molar-refractivity contribution in [2.45, 2.75) is 32.7 Å². The molecule has 3 nitrogen and oxygen atoms in total.